The Morgan fingerprint density at radius 2 is 1.83 bits per heavy atom. The van der Waals surface area contributed by atoms with Crippen molar-refractivity contribution in [1.82, 2.24) is 9.36 Å². The van der Waals surface area contributed by atoms with Crippen molar-refractivity contribution < 1.29 is 41.5 Å². The van der Waals surface area contributed by atoms with Gasteiger partial charge >= 0.3 is 17.1 Å². The van der Waals surface area contributed by atoms with Crippen LogP contribution in [0.2, 0.25) is 0 Å². The Bertz CT molecular complexity index is 1340. The number of rotatable bonds is 5. The van der Waals surface area contributed by atoms with Crippen molar-refractivity contribution in [3.05, 3.63) is 81.3 Å². The molecule has 10 heteroatoms. The van der Waals surface area contributed by atoms with Gasteiger partial charge in [-0.1, -0.05) is 35.6 Å². The van der Waals surface area contributed by atoms with E-state index in [-0.39, 0.29) is 39.6 Å². The largest absolute Gasteiger partial charge is 2.00 e. The number of carbonyl (C=O) groups is 1. The van der Waals surface area contributed by atoms with E-state index in [2.05, 4.69) is 4.99 Å². The molecule has 0 bridgehead atoms. The summed E-state index contributed by atoms with van der Waals surface area (Å²) in [7, 11) is 1.80. The predicted molar refractivity (Wildman–Crippen MR) is 129 cm³/mol. The van der Waals surface area contributed by atoms with Gasteiger partial charge in [0.25, 0.3) is 5.56 Å². The van der Waals surface area contributed by atoms with Crippen LogP contribution < -0.4 is 20.5 Å². The number of carboxylic acids is 1. The van der Waals surface area contributed by atoms with Crippen LogP contribution in [-0.2, 0) is 33.6 Å². The van der Waals surface area contributed by atoms with Crippen LogP contribution in [0.3, 0.4) is 0 Å². The number of ether oxygens (including phenoxy) is 2. The summed E-state index contributed by atoms with van der Waals surface area (Å²) in [6.45, 7) is 6.89. The molecule has 0 aliphatic carbocycles. The number of aromatic nitrogens is 2. The fraction of sp³-hybridized carbons (Fsp3) is 0.269. The summed E-state index contributed by atoms with van der Waals surface area (Å²) in [6.07, 6.45) is 0.518. The second-order valence-corrected chi connectivity index (χ2v) is 7.85. The fourth-order valence-electron chi connectivity index (χ4n) is 3.60. The first-order valence-corrected chi connectivity index (χ1v) is 11.0. The first-order chi connectivity index (χ1) is 16.6. The van der Waals surface area contributed by atoms with Crippen LogP contribution in [0.5, 0.6) is 5.75 Å². The zero-order chi connectivity index (χ0) is 25.7. The van der Waals surface area contributed by atoms with Crippen molar-refractivity contribution in [2.75, 3.05) is 6.61 Å². The maximum absolute atomic E-state index is 13.2. The van der Waals surface area contributed by atoms with Crippen LogP contribution in [-0.4, -0.2) is 34.4 Å². The Labute approximate surface area is 219 Å². The SMILES string of the molecule is CC(=O)[O-].CCOC1Oc2ccc(C)cc2C([O-])=C1C=Nc1c(C)n(C)n(-c2ccccc2)c1=O.[Cu+2]. The molecule has 0 fully saturated rings. The maximum Gasteiger partial charge on any atom is 2.00 e. The molecule has 0 saturated heterocycles. The standard InChI is InChI=1S/C24H25N3O4.C2H4O2.Cu/c1-5-30-24-19(22(28)18-13-15(2)11-12-20(18)31-24)14-25-21-16(3)26(4)27(23(21)29)17-9-7-6-8-10-17;1-2(3)4;/h6-14,24,28H,5H2,1-4H3;1H3,(H,3,4);/q;;+2/p-2. The van der Waals surface area contributed by atoms with Crippen molar-refractivity contribution in [3.63, 3.8) is 0 Å². The van der Waals surface area contributed by atoms with Gasteiger partial charge in [0, 0.05) is 37.0 Å². The van der Waals surface area contributed by atoms with Crippen molar-refractivity contribution in [2.45, 2.75) is 34.0 Å². The normalized spacial score (nSPS) is 14.4. The third kappa shape index (κ3) is 6.15. The van der Waals surface area contributed by atoms with Crippen molar-refractivity contribution in [1.29, 1.82) is 0 Å². The molecule has 0 N–H and O–H groups in total. The van der Waals surface area contributed by atoms with Crippen LogP contribution in [0, 0.1) is 13.8 Å². The number of nitrogens with zero attached hydrogens (tertiary/aromatic N) is 3. The number of carboxylic acid groups (broad SMARTS) is 1. The Morgan fingerprint density at radius 3 is 2.44 bits per heavy atom. The molecule has 0 spiro atoms. The van der Waals surface area contributed by atoms with E-state index in [1.165, 1.54) is 6.21 Å². The van der Waals surface area contributed by atoms with E-state index >= 15 is 0 Å². The number of hydrogen-bond acceptors (Lipinski definition) is 7. The molecular formula is C26H27CuN3O6. The number of aryl methyl sites for hydroxylation is 1. The molecule has 1 atom stereocenters. The fourth-order valence-corrected chi connectivity index (χ4v) is 3.60. The second kappa shape index (κ2) is 12.4. The summed E-state index contributed by atoms with van der Waals surface area (Å²) < 4.78 is 14.8. The molecular weight excluding hydrogens is 514 g/mol. The van der Waals surface area contributed by atoms with Gasteiger partial charge in [-0.25, -0.2) is 9.67 Å². The third-order valence-electron chi connectivity index (χ3n) is 5.30. The third-order valence-corrected chi connectivity index (χ3v) is 5.30. The minimum Gasteiger partial charge on any atom is -0.872 e. The molecule has 2 aromatic carbocycles. The molecule has 36 heavy (non-hydrogen) atoms. The van der Waals surface area contributed by atoms with Gasteiger partial charge in [0.05, 0.1) is 11.4 Å². The number of para-hydroxylation sites is 1. The molecule has 1 aliphatic heterocycles. The molecule has 2 heterocycles. The molecule has 0 amide bonds. The van der Waals surface area contributed by atoms with Gasteiger partial charge in [-0.05, 0) is 52.0 Å². The Balaban J connectivity index is 0.000000850. The number of aliphatic imine (C=N–C) groups is 1. The van der Waals surface area contributed by atoms with Gasteiger partial charge in [-0.3, -0.25) is 9.48 Å². The van der Waals surface area contributed by atoms with Gasteiger partial charge < -0.3 is 24.5 Å². The van der Waals surface area contributed by atoms with E-state index in [9.17, 15) is 9.90 Å². The zero-order valence-corrected chi connectivity index (χ0v) is 21.5. The topological polar surface area (TPSA) is 121 Å². The summed E-state index contributed by atoms with van der Waals surface area (Å²) >= 11 is 0. The van der Waals surface area contributed by atoms with E-state index in [4.69, 9.17) is 19.4 Å². The Morgan fingerprint density at radius 1 is 1.19 bits per heavy atom. The average molecular weight is 541 g/mol. The average Bonchev–Trinajstić information content (AvgIpc) is 3.02. The van der Waals surface area contributed by atoms with E-state index < -0.39 is 12.3 Å². The van der Waals surface area contributed by atoms with E-state index in [1.54, 1.807) is 28.5 Å². The Kier molecular flexibility index (Phi) is 9.86. The van der Waals surface area contributed by atoms with Gasteiger partial charge in [-0.15, -0.1) is 0 Å². The van der Waals surface area contributed by atoms with Crippen molar-refractivity contribution >= 4 is 23.6 Å². The summed E-state index contributed by atoms with van der Waals surface area (Å²) in [5.41, 5.74) is 3.08. The molecule has 1 unspecified atom stereocenters. The second-order valence-electron chi connectivity index (χ2n) is 7.85. The van der Waals surface area contributed by atoms with Crippen LogP contribution in [0.1, 0.15) is 30.7 Å². The smallest absolute Gasteiger partial charge is 0.872 e. The van der Waals surface area contributed by atoms with E-state index in [0.717, 1.165) is 18.2 Å². The van der Waals surface area contributed by atoms with Gasteiger partial charge in [0.15, 0.2) is 5.69 Å². The van der Waals surface area contributed by atoms with Crippen LogP contribution in [0.4, 0.5) is 5.69 Å². The maximum atomic E-state index is 13.2. The van der Waals surface area contributed by atoms with Gasteiger partial charge in [0.1, 0.15) is 5.75 Å². The summed E-state index contributed by atoms with van der Waals surface area (Å²) in [5, 5.41) is 22.1. The van der Waals surface area contributed by atoms with Crippen LogP contribution in [0.25, 0.3) is 11.4 Å². The van der Waals surface area contributed by atoms with Gasteiger partial charge in [-0.2, -0.15) is 0 Å². The van der Waals surface area contributed by atoms with Crippen molar-refractivity contribution in [3.8, 4) is 11.4 Å². The van der Waals surface area contributed by atoms with Crippen LogP contribution in [0.15, 0.2) is 63.9 Å². The monoisotopic (exact) mass is 540 g/mol. The summed E-state index contributed by atoms with van der Waals surface area (Å²) in [4.78, 5) is 26.4. The quantitative estimate of drug-likeness (QED) is 0.359. The number of benzene rings is 2. The predicted octanol–water partition coefficient (Wildman–Crippen LogP) is 1.78. The molecule has 193 valence electrons. The summed E-state index contributed by atoms with van der Waals surface area (Å²) in [6, 6.07) is 14.8. The first-order valence-electron chi connectivity index (χ1n) is 11.0. The molecule has 4 rings (SSSR count). The number of aliphatic carboxylic acids is 1. The molecule has 3 aromatic rings. The zero-order valence-electron chi connectivity index (χ0n) is 20.6. The Hall–Kier alpha value is -3.59. The van der Waals surface area contributed by atoms with Crippen molar-refractivity contribution in [2.24, 2.45) is 12.0 Å². The molecule has 1 radical (unpaired) electrons. The molecule has 9 nitrogen and oxygen atoms in total. The van der Waals surface area contributed by atoms with Crippen LogP contribution >= 0.6 is 0 Å². The van der Waals surface area contributed by atoms with E-state index in [0.29, 0.717) is 23.6 Å². The number of carbonyl (C=O) groups excluding carboxylic acids is 1. The first kappa shape index (κ1) is 28.6. The van der Waals surface area contributed by atoms with Gasteiger partial charge in [0.2, 0.25) is 6.29 Å². The molecule has 1 aromatic heterocycles. The summed E-state index contributed by atoms with van der Waals surface area (Å²) in [5.74, 6) is -0.822. The molecule has 0 saturated carbocycles. The number of hydrogen-bond donors (Lipinski definition) is 0. The number of fused-ring (bicyclic) bond motifs is 1. The minimum atomic E-state index is -1.08. The molecule has 1 aliphatic rings. The van der Waals surface area contributed by atoms with E-state index in [1.807, 2.05) is 57.2 Å². The minimum absolute atomic E-state index is 0.